The molecule has 32 heavy (non-hydrogen) atoms. The predicted octanol–water partition coefficient (Wildman–Crippen LogP) is 2.59. The van der Waals surface area contributed by atoms with Crippen molar-refractivity contribution < 1.29 is 32.8 Å². The molecule has 2 aliphatic rings. The number of hydrogen-bond donors (Lipinski definition) is 2. The number of aromatic amines is 1. The van der Waals surface area contributed by atoms with E-state index < -0.39 is 29.9 Å². The van der Waals surface area contributed by atoms with Gasteiger partial charge in [-0.3, -0.25) is 0 Å². The fourth-order valence-electron chi connectivity index (χ4n) is 4.03. The Kier molecular flexibility index (Phi) is 5.62. The maximum atomic E-state index is 14.2. The lowest BCUT2D eigenvalue weighted by Crippen LogP contribution is -2.34. The summed E-state index contributed by atoms with van der Waals surface area (Å²) in [7, 11) is 1.34. The minimum Gasteiger partial charge on any atom is -0.497 e. The van der Waals surface area contributed by atoms with Gasteiger partial charge in [-0.25, -0.2) is 13.8 Å². The highest BCUT2D eigenvalue weighted by molar-refractivity contribution is 6.31. The number of methoxy groups -OCH3 is 1. The highest BCUT2D eigenvalue weighted by Crippen LogP contribution is 2.30. The predicted molar refractivity (Wildman–Crippen MR) is 109 cm³/mol. The van der Waals surface area contributed by atoms with Crippen LogP contribution >= 0.6 is 11.6 Å². The zero-order valence-corrected chi connectivity index (χ0v) is 17.7. The topological polar surface area (TPSA) is 98.7 Å². The number of pyridine rings is 1. The molecular formula is C21H20ClF2N3O5. The van der Waals surface area contributed by atoms with Crippen molar-refractivity contribution in [3.05, 3.63) is 46.1 Å². The highest BCUT2D eigenvalue weighted by Gasteiger charge is 2.48. The molecule has 0 aliphatic carbocycles. The summed E-state index contributed by atoms with van der Waals surface area (Å²) in [5.41, 5.74) is 1.30. The van der Waals surface area contributed by atoms with Crippen LogP contribution in [0.3, 0.4) is 0 Å². The van der Waals surface area contributed by atoms with Gasteiger partial charge in [-0.15, -0.1) is 0 Å². The molecule has 2 saturated heterocycles. The summed E-state index contributed by atoms with van der Waals surface area (Å²) in [5.74, 6) is -1.27. The third-order valence-electron chi connectivity index (χ3n) is 5.68. The number of benzene rings is 1. The molecule has 1 aromatic carbocycles. The molecule has 4 atom stereocenters. The number of aryl methyl sites for hydroxylation is 1. The van der Waals surface area contributed by atoms with Crippen LogP contribution in [0.25, 0.3) is 11.2 Å². The number of ether oxygens (including phenoxy) is 4. The van der Waals surface area contributed by atoms with Crippen LogP contribution in [0.4, 0.5) is 8.78 Å². The summed E-state index contributed by atoms with van der Waals surface area (Å²) < 4.78 is 50.3. The molecule has 0 bridgehead atoms. The van der Waals surface area contributed by atoms with Crippen molar-refractivity contribution in [2.24, 2.45) is 0 Å². The summed E-state index contributed by atoms with van der Waals surface area (Å²) in [6.45, 7) is 0.465. The SMILES string of the molecule is COc1cc(F)c(CCc2nc3nc(O[C@@H]4CO[C@H]5[C@@H]4OC[C@H]5O)[nH]c3cc2Cl)c(F)c1. The van der Waals surface area contributed by atoms with Crippen molar-refractivity contribution in [3.8, 4) is 11.8 Å². The Morgan fingerprint density at radius 1 is 1.12 bits per heavy atom. The lowest BCUT2D eigenvalue weighted by Gasteiger charge is -2.15. The number of aliphatic hydroxyl groups excluding tert-OH is 1. The zero-order chi connectivity index (χ0) is 22.4. The number of hydrogen-bond acceptors (Lipinski definition) is 7. The molecule has 11 heteroatoms. The molecule has 170 valence electrons. The van der Waals surface area contributed by atoms with Crippen molar-refractivity contribution >= 4 is 22.8 Å². The van der Waals surface area contributed by atoms with E-state index in [1.54, 1.807) is 6.07 Å². The Morgan fingerprint density at radius 2 is 1.88 bits per heavy atom. The van der Waals surface area contributed by atoms with Gasteiger partial charge in [0.2, 0.25) is 0 Å². The molecule has 0 spiro atoms. The van der Waals surface area contributed by atoms with Crippen molar-refractivity contribution in [1.82, 2.24) is 15.0 Å². The van der Waals surface area contributed by atoms with E-state index in [0.717, 1.165) is 12.1 Å². The quantitative estimate of drug-likeness (QED) is 0.575. The standard InChI is InChI=1S/C21H20ClF2N3O5/c1-29-9-4-12(23)10(13(24)5-9)2-3-14-11(22)6-15-20(25-14)27-21(26-15)32-17-8-31-18-16(28)7-30-19(17)18/h4-6,16-19,28H,2-3,7-8H2,1H3,(H,25,26,27)/t16-,17-,18-,19-/m1/s1. The van der Waals surface area contributed by atoms with Crippen LogP contribution in [0.1, 0.15) is 11.3 Å². The Hall–Kier alpha value is -2.53. The summed E-state index contributed by atoms with van der Waals surface area (Å²) in [6.07, 6.45) is -1.61. The van der Waals surface area contributed by atoms with Gasteiger partial charge in [0, 0.05) is 17.7 Å². The molecular weight excluding hydrogens is 448 g/mol. The first-order chi connectivity index (χ1) is 15.4. The Labute approximate surface area is 186 Å². The fraction of sp³-hybridized carbons (Fsp3) is 0.429. The average molecular weight is 468 g/mol. The van der Waals surface area contributed by atoms with Gasteiger partial charge in [0.05, 0.1) is 36.6 Å². The van der Waals surface area contributed by atoms with Gasteiger partial charge >= 0.3 is 0 Å². The normalized spacial score (nSPS) is 24.8. The monoisotopic (exact) mass is 467 g/mol. The molecule has 0 amide bonds. The molecule has 2 N–H and O–H groups in total. The van der Waals surface area contributed by atoms with Gasteiger partial charge in [-0.2, -0.15) is 4.98 Å². The molecule has 2 aromatic heterocycles. The van der Waals surface area contributed by atoms with Gasteiger partial charge in [-0.05, 0) is 18.9 Å². The van der Waals surface area contributed by atoms with Crippen molar-refractivity contribution in [1.29, 1.82) is 0 Å². The van der Waals surface area contributed by atoms with E-state index in [0.29, 0.717) is 21.9 Å². The van der Waals surface area contributed by atoms with Crippen LogP contribution in [0.2, 0.25) is 5.02 Å². The first-order valence-corrected chi connectivity index (χ1v) is 10.5. The molecule has 8 nitrogen and oxygen atoms in total. The van der Waals surface area contributed by atoms with Crippen molar-refractivity contribution in [3.63, 3.8) is 0 Å². The van der Waals surface area contributed by atoms with Gasteiger partial charge in [0.15, 0.2) is 11.8 Å². The maximum Gasteiger partial charge on any atom is 0.296 e. The second-order valence-corrected chi connectivity index (χ2v) is 8.13. The lowest BCUT2D eigenvalue weighted by atomic mass is 10.1. The lowest BCUT2D eigenvalue weighted by molar-refractivity contribution is 0.00706. The second-order valence-electron chi connectivity index (χ2n) is 7.72. The summed E-state index contributed by atoms with van der Waals surface area (Å²) in [6, 6.07) is 4.13. The van der Waals surface area contributed by atoms with Crippen LogP contribution in [0.15, 0.2) is 18.2 Å². The second kappa shape index (κ2) is 8.43. The molecule has 2 aliphatic heterocycles. The van der Waals surface area contributed by atoms with Crippen LogP contribution < -0.4 is 9.47 Å². The number of rotatable bonds is 6. The maximum absolute atomic E-state index is 14.2. The highest BCUT2D eigenvalue weighted by atomic mass is 35.5. The molecule has 0 radical (unpaired) electrons. The summed E-state index contributed by atoms with van der Waals surface area (Å²) >= 11 is 6.34. The van der Waals surface area contributed by atoms with E-state index in [2.05, 4.69) is 15.0 Å². The van der Waals surface area contributed by atoms with Crippen LogP contribution in [-0.4, -0.2) is 64.8 Å². The third-order valence-corrected chi connectivity index (χ3v) is 6.01. The van der Waals surface area contributed by atoms with Crippen LogP contribution in [0, 0.1) is 11.6 Å². The zero-order valence-electron chi connectivity index (χ0n) is 17.0. The fourth-order valence-corrected chi connectivity index (χ4v) is 4.28. The van der Waals surface area contributed by atoms with Gasteiger partial charge in [0.1, 0.15) is 35.7 Å². The van der Waals surface area contributed by atoms with E-state index in [4.69, 9.17) is 30.5 Å². The van der Waals surface area contributed by atoms with E-state index in [1.165, 1.54) is 7.11 Å². The Bertz CT molecular complexity index is 1140. The summed E-state index contributed by atoms with van der Waals surface area (Å²) in [5, 5.41) is 10.2. The molecule has 0 unspecified atom stereocenters. The first-order valence-electron chi connectivity index (χ1n) is 10.1. The molecule has 4 heterocycles. The van der Waals surface area contributed by atoms with Crippen LogP contribution in [0.5, 0.6) is 11.8 Å². The molecule has 2 fully saturated rings. The number of halogens is 3. The number of nitrogens with one attached hydrogen (secondary N) is 1. The van der Waals surface area contributed by atoms with Crippen molar-refractivity contribution in [2.75, 3.05) is 20.3 Å². The first kappa shape index (κ1) is 21.3. The number of aliphatic hydroxyl groups is 1. The number of fused-ring (bicyclic) bond motifs is 2. The third kappa shape index (κ3) is 3.88. The minimum absolute atomic E-state index is 0.0653. The van der Waals surface area contributed by atoms with E-state index in [1.807, 2.05) is 0 Å². The number of H-pyrrole nitrogens is 1. The molecule has 5 rings (SSSR count). The van der Waals surface area contributed by atoms with E-state index in [-0.39, 0.29) is 49.5 Å². The largest absolute Gasteiger partial charge is 0.497 e. The van der Waals surface area contributed by atoms with Gasteiger partial charge in [-0.1, -0.05) is 11.6 Å². The van der Waals surface area contributed by atoms with Crippen LogP contribution in [-0.2, 0) is 22.3 Å². The van der Waals surface area contributed by atoms with Gasteiger partial charge in [0.25, 0.3) is 6.01 Å². The van der Waals surface area contributed by atoms with E-state index >= 15 is 0 Å². The number of nitrogens with zero attached hydrogens (tertiary/aromatic N) is 2. The molecule has 0 saturated carbocycles. The minimum atomic E-state index is -0.689. The average Bonchev–Trinajstić information content (AvgIpc) is 3.44. The van der Waals surface area contributed by atoms with Crippen molar-refractivity contribution in [2.45, 2.75) is 37.3 Å². The smallest absolute Gasteiger partial charge is 0.296 e. The Balaban J connectivity index is 1.32. The van der Waals surface area contributed by atoms with E-state index in [9.17, 15) is 13.9 Å². The molecule has 3 aromatic rings. The number of aromatic nitrogens is 3. The Morgan fingerprint density at radius 3 is 2.62 bits per heavy atom. The summed E-state index contributed by atoms with van der Waals surface area (Å²) in [4.78, 5) is 11.8. The van der Waals surface area contributed by atoms with Gasteiger partial charge < -0.3 is 29.0 Å². The number of imidazole rings is 1.